The van der Waals surface area contributed by atoms with Crippen LogP contribution in [0.3, 0.4) is 0 Å². The molecule has 0 radical (unpaired) electrons. The molecule has 0 aliphatic carbocycles. The van der Waals surface area contributed by atoms with Gasteiger partial charge in [-0.3, -0.25) is 14.7 Å². The Bertz CT molecular complexity index is 784. The summed E-state index contributed by atoms with van der Waals surface area (Å²) < 4.78 is 5.42. The summed E-state index contributed by atoms with van der Waals surface area (Å²) >= 11 is 0. The number of aliphatic imine (C=N–C) groups is 1. The van der Waals surface area contributed by atoms with E-state index in [9.17, 15) is 4.79 Å². The Kier molecular flexibility index (Phi) is 9.44. The second kappa shape index (κ2) is 12.8. The number of piperidine rings is 1. The van der Waals surface area contributed by atoms with Gasteiger partial charge in [0.25, 0.3) is 0 Å². The molecule has 7 nitrogen and oxygen atoms in total. The molecule has 1 aliphatic heterocycles. The molecular formula is C24H35N5O2. The molecule has 3 N–H and O–H groups in total. The Morgan fingerprint density at radius 3 is 2.61 bits per heavy atom. The van der Waals surface area contributed by atoms with Crippen molar-refractivity contribution in [3.05, 3.63) is 60.1 Å². The number of nitrogens with one attached hydrogen (secondary N) is 3. The maximum absolute atomic E-state index is 11.0. The molecule has 0 spiro atoms. The van der Waals surface area contributed by atoms with Crippen LogP contribution in [0.25, 0.3) is 0 Å². The summed E-state index contributed by atoms with van der Waals surface area (Å²) in [7, 11) is 0. The van der Waals surface area contributed by atoms with Crippen LogP contribution in [0.4, 0.5) is 0 Å². The third-order valence-corrected chi connectivity index (χ3v) is 5.40. The topological polar surface area (TPSA) is 81.9 Å². The fraction of sp³-hybridized carbons (Fsp3) is 0.500. The molecule has 1 aliphatic rings. The molecule has 168 valence electrons. The Labute approximate surface area is 185 Å². The molecule has 2 heterocycles. The molecule has 0 atom stereocenters. The smallest absolute Gasteiger partial charge is 0.216 e. The van der Waals surface area contributed by atoms with Gasteiger partial charge in [-0.25, -0.2) is 0 Å². The predicted molar refractivity (Wildman–Crippen MR) is 124 cm³/mol. The minimum atomic E-state index is 0.00108. The first-order valence-electron chi connectivity index (χ1n) is 11.3. The standard InChI is InChI=1S/C24H35N5O2/c1-20(30)25-13-6-14-26-24(27-15-10-23-9-5-18-31-23)28-22-11-16-29(17-12-22)19-21-7-3-2-4-8-21/h2-5,7-9,18,22H,6,10-17,19H2,1H3,(H,25,30)(H2,26,27,28). The van der Waals surface area contributed by atoms with Crippen LogP contribution in [-0.2, 0) is 17.8 Å². The number of hydrogen-bond acceptors (Lipinski definition) is 4. The van der Waals surface area contributed by atoms with E-state index in [4.69, 9.17) is 9.41 Å². The van der Waals surface area contributed by atoms with E-state index in [2.05, 4.69) is 51.2 Å². The number of likely N-dealkylation sites (tertiary alicyclic amines) is 1. The molecule has 0 bridgehead atoms. The van der Waals surface area contributed by atoms with E-state index in [1.807, 2.05) is 12.1 Å². The molecule has 2 aromatic rings. The summed E-state index contributed by atoms with van der Waals surface area (Å²) in [6.45, 7) is 6.79. The lowest BCUT2D eigenvalue weighted by atomic mass is 10.0. The van der Waals surface area contributed by atoms with E-state index >= 15 is 0 Å². The minimum Gasteiger partial charge on any atom is -0.469 e. The molecule has 0 saturated carbocycles. The second-order valence-corrected chi connectivity index (χ2v) is 8.00. The van der Waals surface area contributed by atoms with Gasteiger partial charge in [0.05, 0.1) is 6.26 Å². The highest BCUT2D eigenvalue weighted by atomic mass is 16.3. The summed E-state index contributed by atoms with van der Waals surface area (Å²) in [5.41, 5.74) is 1.37. The van der Waals surface area contributed by atoms with Crippen LogP contribution in [0.15, 0.2) is 58.1 Å². The van der Waals surface area contributed by atoms with Crippen LogP contribution in [0.1, 0.15) is 37.5 Å². The average Bonchev–Trinajstić information content (AvgIpc) is 3.29. The van der Waals surface area contributed by atoms with Gasteiger partial charge in [0.2, 0.25) is 5.91 Å². The largest absolute Gasteiger partial charge is 0.469 e. The van der Waals surface area contributed by atoms with Crippen molar-refractivity contribution in [3.8, 4) is 0 Å². The monoisotopic (exact) mass is 425 g/mol. The van der Waals surface area contributed by atoms with Crippen molar-refractivity contribution in [2.45, 2.75) is 45.2 Å². The average molecular weight is 426 g/mol. The number of carbonyl (C=O) groups is 1. The fourth-order valence-corrected chi connectivity index (χ4v) is 3.72. The number of carbonyl (C=O) groups excluding carboxylic acids is 1. The normalized spacial score (nSPS) is 15.6. The second-order valence-electron chi connectivity index (χ2n) is 8.00. The van der Waals surface area contributed by atoms with Gasteiger partial charge in [-0.15, -0.1) is 0 Å². The van der Waals surface area contributed by atoms with Crippen LogP contribution < -0.4 is 16.0 Å². The number of guanidine groups is 1. The van der Waals surface area contributed by atoms with Crippen LogP contribution in [0.2, 0.25) is 0 Å². The zero-order valence-electron chi connectivity index (χ0n) is 18.5. The van der Waals surface area contributed by atoms with E-state index in [-0.39, 0.29) is 5.91 Å². The molecule has 3 rings (SSSR count). The van der Waals surface area contributed by atoms with E-state index in [1.165, 1.54) is 12.5 Å². The Morgan fingerprint density at radius 2 is 1.90 bits per heavy atom. The van der Waals surface area contributed by atoms with Crippen LogP contribution in [0, 0.1) is 0 Å². The van der Waals surface area contributed by atoms with Crippen LogP contribution >= 0.6 is 0 Å². The van der Waals surface area contributed by atoms with E-state index in [0.717, 1.165) is 63.6 Å². The first-order chi connectivity index (χ1) is 15.2. The van der Waals surface area contributed by atoms with Gasteiger partial charge < -0.3 is 20.4 Å². The zero-order valence-corrected chi connectivity index (χ0v) is 18.5. The number of nitrogens with zero attached hydrogens (tertiary/aromatic N) is 2. The van der Waals surface area contributed by atoms with Crippen molar-refractivity contribution >= 4 is 11.9 Å². The number of rotatable bonds is 10. The summed E-state index contributed by atoms with van der Waals surface area (Å²) in [5.74, 6) is 1.81. The number of benzene rings is 1. The lowest BCUT2D eigenvalue weighted by Gasteiger charge is -2.33. The van der Waals surface area contributed by atoms with Gasteiger partial charge in [0.15, 0.2) is 5.96 Å². The van der Waals surface area contributed by atoms with E-state index in [0.29, 0.717) is 19.1 Å². The first-order valence-corrected chi connectivity index (χ1v) is 11.3. The fourth-order valence-electron chi connectivity index (χ4n) is 3.72. The van der Waals surface area contributed by atoms with Crippen LogP contribution in [-0.4, -0.2) is 55.5 Å². The molecule has 1 aromatic heterocycles. The van der Waals surface area contributed by atoms with E-state index in [1.54, 1.807) is 6.26 Å². The molecule has 1 fully saturated rings. The third-order valence-electron chi connectivity index (χ3n) is 5.40. The molecule has 7 heteroatoms. The Morgan fingerprint density at radius 1 is 1.10 bits per heavy atom. The first kappa shape index (κ1) is 22.9. The summed E-state index contributed by atoms with van der Waals surface area (Å²) in [6, 6.07) is 15.0. The van der Waals surface area contributed by atoms with Gasteiger partial charge in [-0.1, -0.05) is 30.3 Å². The van der Waals surface area contributed by atoms with Crippen molar-refractivity contribution in [1.82, 2.24) is 20.9 Å². The molecule has 0 unspecified atom stereocenters. The minimum absolute atomic E-state index is 0.00108. The summed E-state index contributed by atoms with van der Waals surface area (Å²) in [6.07, 6.45) is 5.53. The van der Waals surface area contributed by atoms with Gasteiger partial charge in [-0.05, 0) is 37.0 Å². The van der Waals surface area contributed by atoms with Crippen molar-refractivity contribution in [3.63, 3.8) is 0 Å². The summed E-state index contributed by atoms with van der Waals surface area (Å²) in [4.78, 5) is 18.2. The van der Waals surface area contributed by atoms with E-state index < -0.39 is 0 Å². The third kappa shape index (κ3) is 8.84. The van der Waals surface area contributed by atoms with Crippen LogP contribution in [0.5, 0.6) is 0 Å². The molecular weight excluding hydrogens is 390 g/mol. The van der Waals surface area contributed by atoms with Crippen molar-refractivity contribution in [2.24, 2.45) is 4.99 Å². The summed E-state index contributed by atoms with van der Waals surface area (Å²) in [5, 5.41) is 9.87. The van der Waals surface area contributed by atoms with Crippen molar-refractivity contribution in [2.75, 3.05) is 32.7 Å². The highest BCUT2D eigenvalue weighted by Gasteiger charge is 2.20. The van der Waals surface area contributed by atoms with Gasteiger partial charge in [0.1, 0.15) is 5.76 Å². The zero-order chi connectivity index (χ0) is 21.7. The SMILES string of the molecule is CC(=O)NCCCN=C(NCCc1ccco1)NC1CCN(Cc2ccccc2)CC1. The maximum atomic E-state index is 11.0. The lowest BCUT2D eigenvalue weighted by molar-refractivity contribution is -0.118. The van der Waals surface area contributed by atoms with Crippen molar-refractivity contribution in [1.29, 1.82) is 0 Å². The Balaban J connectivity index is 1.44. The van der Waals surface area contributed by atoms with Crippen molar-refractivity contribution < 1.29 is 9.21 Å². The highest BCUT2D eigenvalue weighted by Crippen LogP contribution is 2.13. The van der Waals surface area contributed by atoms with Gasteiger partial charge in [-0.2, -0.15) is 0 Å². The molecule has 1 saturated heterocycles. The predicted octanol–water partition coefficient (Wildman–Crippen LogP) is 2.55. The number of amides is 1. The quantitative estimate of drug-likeness (QED) is 0.310. The highest BCUT2D eigenvalue weighted by molar-refractivity contribution is 5.80. The molecule has 1 aromatic carbocycles. The van der Waals surface area contributed by atoms with Gasteiger partial charge in [0, 0.05) is 58.7 Å². The molecule has 31 heavy (non-hydrogen) atoms. The lowest BCUT2D eigenvalue weighted by Crippen LogP contribution is -2.49. The Hall–Kier alpha value is -2.80. The maximum Gasteiger partial charge on any atom is 0.216 e. The number of furan rings is 1. The molecule has 1 amide bonds. The van der Waals surface area contributed by atoms with Gasteiger partial charge >= 0.3 is 0 Å². The number of hydrogen-bond donors (Lipinski definition) is 3.